The van der Waals surface area contributed by atoms with E-state index in [1.165, 1.54) is 24.8 Å². The largest absolute Gasteiger partial charge is 0.491 e. The Morgan fingerprint density at radius 3 is 2.85 bits per heavy atom. The van der Waals surface area contributed by atoms with Crippen molar-refractivity contribution in [1.82, 2.24) is 5.32 Å². The molecule has 4 heteroatoms. The second-order valence-electron chi connectivity index (χ2n) is 5.22. The first-order chi connectivity index (χ1) is 9.79. The van der Waals surface area contributed by atoms with Gasteiger partial charge < -0.3 is 14.8 Å². The highest BCUT2D eigenvalue weighted by Crippen LogP contribution is 2.25. The van der Waals surface area contributed by atoms with Crippen LogP contribution in [0.15, 0.2) is 22.7 Å². The molecule has 1 saturated carbocycles. The summed E-state index contributed by atoms with van der Waals surface area (Å²) in [6.45, 7) is 5.16. The van der Waals surface area contributed by atoms with Crippen LogP contribution in [0.5, 0.6) is 5.75 Å². The SMILES string of the molecule is CCCCOCCOc1ccc(Br)c(CNC2CC2)c1. The Hall–Kier alpha value is -0.580. The van der Waals surface area contributed by atoms with Gasteiger partial charge in [-0.15, -0.1) is 0 Å². The highest BCUT2D eigenvalue weighted by atomic mass is 79.9. The molecule has 1 aliphatic carbocycles. The van der Waals surface area contributed by atoms with E-state index in [0.29, 0.717) is 13.2 Å². The third-order valence-corrected chi connectivity index (χ3v) is 4.09. The van der Waals surface area contributed by atoms with Crippen LogP contribution in [0, 0.1) is 0 Å². The number of unbranched alkanes of at least 4 members (excludes halogenated alkanes) is 1. The molecule has 1 aliphatic rings. The normalized spacial score (nSPS) is 14.5. The predicted molar refractivity (Wildman–Crippen MR) is 85.2 cm³/mol. The van der Waals surface area contributed by atoms with Crippen molar-refractivity contribution < 1.29 is 9.47 Å². The molecule has 2 rings (SSSR count). The molecule has 0 spiro atoms. The van der Waals surface area contributed by atoms with Gasteiger partial charge in [0, 0.05) is 23.7 Å². The highest BCUT2D eigenvalue weighted by molar-refractivity contribution is 9.10. The molecule has 0 heterocycles. The van der Waals surface area contributed by atoms with Crippen molar-refractivity contribution in [1.29, 1.82) is 0 Å². The molecule has 1 aromatic carbocycles. The Morgan fingerprint density at radius 2 is 2.10 bits per heavy atom. The van der Waals surface area contributed by atoms with Gasteiger partial charge in [-0.25, -0.2) is 0 Å². The second-order valence-corrected chi connectivity index (χ2v) is 6.08. The van der Waals surface area contributed by atoms with Crippen LogP contribution in [0.4, 0.5) is 0 Å². The minimum absolute atomic E-state index is 0.612. The molecule has 0 radical (unpaired) electrons. The quantitative estimate of drug-likeness (QED) is 0.654. The van der Waals surface area contributed by atoms with E-state index in [4.69, 9.17) is 9.47 Å². The molecule has 0 aliphatic heterocycles. The second kappa shape index (κ2) is 8.65. The van der Waals surface area contributed by atoms with Gasteiger partial charge in [-0.05, 0) is 43.0 Å². The van der Waals surface area contributed by atoms with Crippen LogP contribution in [0.25, 0.3) is 0 Å². The lowest BCUT2D eigenvalue weighted by Gasteiger charge is -2.11. The van der Waals surface area contributed by atoms with Gasteiger partial charge in [0.2, 0.25) is 0 Å². The van der Waals surface area contributed by atoms with Crippen molar-refractivity contribution in [3.8, 4) is 5.75 Å². The highest BCUT2D eigenvalue weighted by Gasteiger charge is 2.20. The van der Waals surface area contributed by atoms with E-state index in [1.54, 1.807) is 0 Å². The van der Waals surface area contributed by atoms with Crippen molar-refractivity contribution in [2.45, 2.75) is 45.2 Å². The Bertz CT molecular complexity index is 407. The summed E-state index contributed by atoms with van der Waals surface area (Å²) in [5, 5.41) is 3.52. The molecule has 0 amide bonds. The van der Waals surface area contributed by atoms with Gasteiger partial charge in [-0.3, -0.25) is 0 Å². The molecule has 0 unspecified atom stereocenters. The first-order valence-corrected chi connectivity index (χ1v) is 8.31. The van der Waals surface area contributed by atoms with Crippen LogP contribution in [0.2, 0.25) is 0 Å². The fraction of sp³-hybridized carbons (Fsp3) is 0.625. The summed E-state index contributed by atoms with van der Waals surface area (Å²) in [4.78, 5) is 0. The van der Waals surface area contributed by atoms with Crippen molar-refractivity contribution in [3.63, 3.8) is 0 Å². The zero-order chi connectivity index (χ0) is 14.2. The summed E-state index contributed by atoms with van der Waals surface area (Å²) in [6.07, 6.45) is 4.91. The van der Waals surface area contributed by atoms with Crippen LogP contribution in [0.3, 0.4) is 0 Å². The molecule has 1 fully saturated rings. The average molecular weight is 342 g/mol. The minimum Gasteiger partial charge on any atom is -0.491 e. The number of hydrogen-bond donors (Lipinski definition) is 1. The first kappa shape index (κ1) is 15.8. The number of nitrogens with one attached hydrogen (secondary N) is 1. The van der Waals surface area contributed by atoms with E-state index in [9.17, 15) is 0 Å². The number of hydrogen-bond acceptors (Lipinski definition) is 3. The number of rotatable bonds is 10. The fourth-order valence-electron chi connectivity index (χ4n) is 1.89. The van der Waals surface area contributed by atoms with Gasteiger partial charge in [-0.1, -0.05) is 29.3 Å². The van der Waals surface area contributed by atoms with E-state index in [0.717, 1.165) is 35.8 Å². The third kappa shape index (κ3) is 5.81. The summed E-state index contributed by atoms with van der Waals surface area (Å²) < 4.78 is 12.4. The summed E-state index contributed by atoms with van der Waals surface area (Å²) in [5.41, 5.74) is 1.25. The van der Waals surface area contributed by atoms with Crippen molar-refractivity contribution in [3.05, 3.63) is 28.2 Å². The van der Waals surface area contributed by atoms with Gasteiger partial charge >= 0.3 is 0 Å². The van der Waals surface area contributed by atoms with Crippen LogP contribution < -0.4 is 10.1 Å². The molecule has 1 aromatic rings. The van der Waals surface area contributed by atoms with E-state index in [1.807, 2.05) is 6.07 Å². The number of halogens is 1. The maximum absolute atomic E-state index is 5.73. The topological polar surface area (TPSA) is 30.5 Å². The first-order valence-electron chi connectivity index (χ1n) is 7.52. The minimum atomic E-state index is 0.612. The van der Waals surface area contributed by atoms with E-state index in [2.05, 4.69) is 40.3 Å². The van der Waals surface area contributed by atoms with Crippen LogP contribution >= 0.6 is 15.9 Å². The molecular weight excluding hydrogens is 318 g/mol. The Balaban J connectivity index is 1.71. The van der Waals surface area contributed by atoms with Crippen molar-refractivity contribution >= 4 is 15.9 Å². The molecule has 20 heavy (non-hydrogen) atoms. The lowest BCUT2D eigenvalue weighted by atomic mass is 10.2. The zero-order valence-electron chi connectivity index (χ0n) is 12.2. The van der Waals surface area contributed by atoms with E-state index >= 15 is 0 Å². The molecule has 0 saturated heterocycles. The Kier molecular flexibility index (Phi) is 6.83. The van der Waals surface area contributed by atoms with E-state index < -0.39 is 0 Å². The molecule has 0 atom stereocenters. The van der Waals surface area contributed by atoms with Crippen molar-refractivity contribution in [2.75, 3.05) is 19.8 Å². The predicted octanol–water partition coefficient (Wildman–Crippen LogP) is 3.90. The van der Waals surface area contributed by atoms with E-state index in [-0.39, 0.29) is 0 Å². The molecule has 3 nitrogen and oxygen atoms in total. The van der Waals surface area contributed by atoms with Crippen molar-refractivity contribution in [2.24, 2.45) is 0 Å². The van der Waals surface area contributed by atoms with Crippen LogP contribution in [-0.2, 0) is 11.3 Å². The fourth-order valence-corrected chi connectivity index (χ4v) is 2.27. The van der Waals surface area contributed by atoms with Crippen LogP contribution in [-0.4, -0.2) is 25.9 Å². The molecule has 112 valence electrons. The average Bonchev–Trinajstić information content (AvgIpc) is 3.27. The maximum Gasteiger partial charge on any atom is 0.119 e. The zero-order valence-corrected chi connectivity index (χ0v) is 13.7. The van der Waals surface area contributed by atoms with Gasteiger partial charge in [0.25, 0.3) is 0 Å². The molecule has 1 N–H and O–H groups in total. The summed E-state index contributed by atoms with van der Waals surface area (Å²) in [6, 6.07) is 6.87. The molecular formula is C16H24BrNO2. The lowest BCUT2D eigenvalue weighted by molar-refractivity contribution is 0.0980. The monoisotopic (exact) mass is 341 g/mol. The van der Waals surface area contributed by atoms with Gasteiger partial charge in [0.1, 0.15) is 12.4 Å². The van der Waals surface area contributed by atoms with Gasteiger partial charge in [-0.2, -0.15) is 0 Å². The maximum atomic E-state index is 5.73. The number of benzene rings is 1. The third-order valence-electron chi connectivity index (χ3n) is 3.31. The molecule has 0 aromatic heterocycles. The Labute approximate surface area is 130 Å². The molecule has 0 bridgehead atoms. The smallest absolute Gasteiger partial charge is 0.119 e. The number of ether oxygens (including phenoxy) is 2. The van der Waals surface area contributed by atoms with Gasteiger partial charge in [0.15, 0.2) is 0 Å². The summed E-state index contributed by atoms with van der Waals surface area (Å²) in [7, 11) is 0. The Morgan fingerprint density at radius 1 is 1.25 bits per heavy atom. The summed E-state index contributed by atoms with van der Waals surface area (Å²) >= 11 is 3.59. The van der Waals surface area contributed by atoms with Crippen LogP contribution in [0.1, 0.15) is 38.2 Å². The van der Waals surface area contributed by atoms with Gasteiger partial charge in [0.05, 0.1) is 6.61 Å². The standard InChI is InChI=1S/C16H24BrNO2/c1-2-3-8-19-9-10-20-15-6-7-16(17)13(11-15)12-18-14-4-5-14/h6-7,11,14,18H,2-5,8-10,12H2,1H3. The summed E-state index contributed by atoms with van der Waals surface area (Å²) in [5.74, 6) is 0.917. The lowest BCUT2D eigenvalue weighted by Crippen LogP contribution is -2.15.